The van der Waals surface area contributed by atoms with Gasteiger partial charge in [-0.2, -0.15) is 0 Å². The number of ether oxygens (including phenoxy) is 1. The second kappa shape index (κ2) is 9.35. The summed E-state index contributed by atoms with van der Waals surface area (Å²) in [6.07, 6.45) is 0. The van der Waals surface area contributed by atoms with Crippen LogP contribution in [0.25, 0.3) is 11.1 Å². The summed E-state index contributed by atoms with van der Waals surface area (Å²) in [5, 5.41) is 11.8. The van der Waals surface area contributed by atoms with E-state index in [-0.39, 0.29) is 10.6 Å². The first-order valence-electron chi connectivity index (χ1n) is 9.45. The molecule has 2 aromatic rings. The minimum atomic E-state index is -0.469. The quantitative estimate of drug-likeness (QED) is 0.357. The van der Waals surface area contributed by atoms with E-state index in [1.807, 2.05) is 6.07 Å². The largest absolute Gasteiger partial charge is 0.465 e. The fourth-order valence-electron chi connectivity index (χ4n) is 3.28. The lowest BCUT2D eigenvalue weighted by Gasteiger charge is -2.28. The van der Waals surface area contributed by atoms with Crippen LogP contribution in [0.2, 0.25) is 0 Å². The average Bonchev–Trinajstić information content (AvgIpc) is 2.65. The summed E-state index contributed by atoms with van der Waals surface area (Å²) in [4.78, 5) is 25.6. The second-order valence-corrected chi connectivity index (χ2v) is 7.69. The monoisotopic (exact) mass is 384 g/mol. The molecule has 0 saturated heterocycles. The van der Waals surface area contributed by atoms with Crippen LogP contribution in [0.3, 0.4) is 0 Å². The topological polar surface area (TPSA) is 72.7 Å². The summed E-state index contributed by atoms with van der Waals surface area (Å²) in [5.74, 6) is 0.278. The molecule has 0 atom stereocenters. The molecule has 0 aliphatic carbocycles. The highest BCUT2D eigenvalue weighted by Gasteiger charge is 2.23. The van der Waals surface area contributed by atoms with E-state index in [2.05, 4.69) is 32.6 Å². The summed E-state index contributed by atoms with van der Waals surface area (Å²) in [5.41, 5.74) is 2.26. The molecule has 0 amide bonds. The van der Waals surface area contributed by atoms with Crippen molar-refractivity contribution < 1.29 is 14.5 Å². The van der Waals surface area contributed by atoms with E-state index in [0.717, 1.165) is 13.1 Å². The molecule has 0 spiro atoms. The van der Waals surface area contributed by atoms with Gasteiger partial charge < -0.3 is 9.64 Å². The van der Waals surface area contributed by atoms with Gasteiger partial charge in [-0.3, -0.25) is 10.1 Å². The number of hydrogen-bond donors (Lipinski definition) is 0. The molecule has 0 aromatic heterocycles. The molecule has 28 heavy (non-hydrogen) atoms. The lowest BCUT2D eigenvalue weighted by molar-refractivity contribution is -0.384. The highest BCUT2D eigenvalue weighted by Crippen LogP contribution is 2.35. The Morgan fingerprint density at radius 3 is 2.21 bits per heavy atom. The summed E-state index contributed by atoms with van der Waals surface area (Å²) >= 11 is 0. The third-order valence-corrected chi connectivity index (χ3v) is 4.33. The van der Waals surface area contributed by atoms with Gasteiger partial charge in [0.15, 0.2) is 0 Å². The maximum absolute atomic E-state index is 12.1. The maximum Gasteiger partial charge on any atom is 0.338 e. The van der Waals surface area contributed by atoms with Crippen molar-refractivity contribution in [3.05, 3.63) is 58.1 Å². The summed E-state index contributed by atoms with van der Waals surface area (Å²) < 4.78 is 4.84. The predicted molar refractivity (Wildman–Crippen MR) is 112 cm³/mol. The zero-order valence-corrected chi connectivity index (χ0v) is 17.1. The van der Waals surface area contributed by atoms with Gasteiger partial charge >= 0.3 is 5.97 Å². The molecular weight excluding hydrogens is 356 g/mol. The molecule has 6 heteroatoms. The van der Waals surface area contributed by atoms with Gasteiger partial charge in [0.05, 0.1) is 17.6 Å². The third-order valence-electron chi connectivity index (χ3n) is 4.33. The number of carbonyl (C=O) groups excluding carboxylic acids is 1. The molecule has 0 saturated carbocycles. The SMILES string of the molecule is COC(=O)c1ccccc1-c1ccc(N(CC(C)C)CC(C)C)c([N+](=O)[O-])c1. The van der Waals surface area contributed by atoms with Crippen molar-refractivity contribution in [2.45, 2.75) is 27.7 Å². The molecule has 2 aromatic carbocycles. The van der Waals surface area contributed by atoms with E-state index in [1.54, 1.807) is 36.4 Å². The Morgan fingerprint density at radius 1 is 1.07 bits per heavy atom. The van der Waals surface area contributed by atoms with Crippen molar-refractivity contribution >= 4 is 17.3 Å². The minimum Gasteiger partial charge on any atom is -0.465 e. The standard InChI is InChI=1S/C22H28N2O4/c1-15(2)13-23(14-16(3)4)20-11-10-17(12-21(20)24(26)27)18-8-6-7-9-19(18)22(25)28-5/h6-12,15-16H,13-14H2,1-5H3. The van der Waals surface area contributed by atoms with Gasteiger partial charge in [0.25, 0.3) is 5.69 Å². The zero-order chi connectivity index (χ0) is 20.8. The minimum absolute atomic E-state index is 0.0402. The fourth-order valence-corrected chi connectivity index (χ4v) is 3.28. The van der Waals surface area contributed by atoms with Gasteiger partial charge in [-0.25, -0.2) is 4.79 Å². The predicted octanol–water partition coefficient (Wildman–Crippen LogP) is 5.17. The summed E-state index contributed by atoms with van der Waals surface area (Å²) in [6, 6.07) is 12.1. The van der Waals surface area contributed by atoms with Crippen LogP contribution >= 0.6 is 0 Å². The number of methoxy groups -OCH3 is 1. The number of hydrogen-bond acceptors (Lipinski definition) is 5. The number of benzene rings is 2. The van der Waals surface area contributed by atoms with Crippen LogP contribution in [0.5, 0.6) is 0 Å². The first kappa shape index (κ1) is 21.4. The molecule has 6 nitrogen and oxygen atoms in total. The molecule has 0 N–H and O–H groups in total. The van der Waals surface area contributed by atoms with Crippen molar-refractivity contribution in [3.63, 3.8) is 0 Å². The number of rotatable bonds is 8. The maximum atomic E-state index is 12.1. The van der Waals surface area contributed by atoms with Crippen LogP contribution in [-0.4, -0.2) is 31.1 Å². The molecule has 0 heterocycles. The van der Waals surface area contributed by atoms with Gasteiger partial charge in [-0.1, -0.05) is 52.0 Å². The molecular formula is C22H28N2O4. The van der Waals surface area contributed by atoms with Crippen LogP contribution < -0.4 is 4.90 Å². The lowest BCUT2D eigenvalue weighted by Crippen LogP contribution is -2.31. The van der Waals surface area contributed by atoms with Crippen LogP contribution in [0.15, 0.2) is 42.5 Å². The van der Waals surface area contributed by atoms with Crippen LogP contribution in [0, 0.1) is 22.0 Å². The molecule has 0 aliphatic rings. The number of carbonyl (C=O) groups is 1. The molecule has 150 valence electrons. The highest BCUT2D eigenvalue weighted by molar-refractivity contribution is 5.97. The van der Waals surface area contributed by atoms with Crippen LogP contribution in [0.4, 0.5) is 11.4 Å². The molecule has 0 unspecified atom stereocenters. The van der Waals surface area contributed by atoms with Gasteiger partial charge in [-0.15, -0.1) is 0 Å². The Kier molecular flexibility index (Phi) is 7.15. The van der Waals surface area contributed by atoms with E-state index in [9.17, 15) is 14.9 Å². The second-order valence-electron chi connectivity index (χ2n) is 7.69. The zero-order valence-electron chi connectivity index (χ0n) is 17.1. The van der Waals surface area contributed by atoms with E-state index >= 15 is 0 Å². The Bertz CT molecular complexity index is 836. The Hall–Kier alpha value is -2.89. The first-order valence-corrected chi connectivity index (χ1v) is 9.45. The normalized spacial score (nSPS) is 11.0. The third kappa shape index (κ3) is 5.09. The van der Waals surface area contributed by atoms with Crippen LogP contribution in [0.1, 0.15) is 38.1 Å². The number of nitro groups is 1. The van der Waals surface area contributed by atoms with Crippen molar-refractivity contribution in [1.29, 1.82) is 0 Å². The van der Waals surface area contributed by atoms with Crippen molar-refractivity contribution in [3.8, 4) is 11.1 Å². The van der Waals surface area contributed by atoms with Crippen molar-refractivity contribution in [2.75, 3.05) is 25.1 Å². The van der Waals surface area contributed by atoms with Gasteiger partial charge in [0.2, 0.25) is 0 Å². The summed E-state index contributed by atoms with van der Waals surface area (Å²) in [7, 11) is 1.32. The smallest absolute Gasteiger partial charge is 0.338 e. The number of nitrogens with zero attached hydrogens (tertiary/aromatic N) is 2. The lowest BCUT2D eigenvalue weighted by atomic mass is 9.98. The van der Waals surface area contributed by atoms with Crippen molar-refractivity contribution in [2.24, 2.45) is 11.8 Å². The van der Waals surface area contributed by atoms with E-state index in [4.69, 9.17) is 4.74 Å². The summed E-state index contributed by atoms with van der Waals surface area (Å²) in [6.45, 7) is 9.86. The van der Waals surface area contributed by atoms with E-state index < -0.39 is 5.97 Å². The van der Waals surface area contributed by atoms with Crippen molar-refractivity contribution in [1.82, 2.24) is 0 Å². The molecule has 0 radical (unpaired) electrons. The molecule has 0 bridgehead atoms. The number of esters is 1. The fraction of sp³-hybridized carbons (Fsp3) is 0.409. The molecule has 2 rings (SSSR count). The Labute approximate surface area is 166 Å². The van der Waals surface area contributed by atoms with Gasteiger partial charge in [0, 0.05) is 19.2 Å². The van der Waals surface area contributed by atoms with Crippen LogP contribution in [-0.2, 0) is 4.74 Å². The highest BCUT2D eigenvalue weighted by atomic mass is 16.6. The number of nitro benzene ring substituents is 1. The number of anilines is 1. The molecule has 0 aliphatic heterocycles. The average molecular weight is 384 g/mol. The first-order chi connectivity index (χ1) is 13.2. The Balaban J connectivity index is 2.57. The van der Waals surface area contributed by atoms with E-state index in [0.29, 0.717) is 34.2 Å². The van der Waals surface area contributed by atoms with Gasteiger partial charge in [-0.05, 0) is 35.1 Å². The Morgan fingerprint density at radius 2 is 1.68 bits per heavy atom. The molecule has 0 fully saturated rings. The van der Waals surface area contributed by atoms with E-state index in [1.165, 1.54) is 7.11 Å². The van der Waals surface area contributed by atoms with Gasteiger partial charge in [0.1, 0.15) is 5.69 Å².